The summed E-state index contributed by atoms with van der Waals surface area (Å²) in [5, 5.41) is 3.20. The van der Waals surface area contributed by atoms with Crippen LogP contribution in [0.1, 0.15) is 25.3 Å². The molecule has 0 spiro atoms. The first-order valence-electron chi connectivity index (χ1n) is 9.36. The van der Waals surface area contributed by atoms with E-state index in [0.717, 1.165) is 30.9 Å². The molecule has 0 aliphatic carbocycles. The molecule has 1 aliphatic heterocycles. The van der Waals surface area contributed by atoms with Gasteiger partial charge in [0.25, 0.3) is 0 Å². The molecule has 2 aromatic rings. The molecule has 3 N–H and O–H groups in total. The van der Waals surface area contributed by atoms with Crippen LogP contribution in [0.2, 0.25) is 0 Å². The van der Waals surface area contributed by atoms with Crippen molar-refractivity contribution in [3.05, 3.63) is 48.0 Å². The van der Waals surface area contributed by atoms with Crippen LogP contribution in [-0.4, -0.2) is 35.5 Å². The maximum Gasteiger partial charge on any atom is 0.222 e. The Hall–Kier alpha value is -2.70. The van der Waals surface area contributed by atoms with Crippen LogP contribution in [0.3, 0.4) is 0 Å². The highest BCUT2D eigenvalue weighted by Gasteiger charge is 2.19. The number of hydrogen-bond donors (Lipinski definition) is 2. The Morgan fingerprint density at radius 2 is 2.15 bits per heavy atom. The molecule has 6 nitrogen and oxygen atoms in total. The minimum atomic E-state index is -0.413. The lowest BCUT2D eigenvalue weighted by Crippen LogP contribution is -2.35. The third-order valence-electron chi connectivity index (χ3n) is 4.96. The van der Waals surface area contributed by atoms with Crippen molar-refractivity contribution in [2.75, 3.05) is 29.9 Å². The van der Waals surface area contributed by atoms with Gasteiger partial charge < -0.3 is 16.0 Å². The number of nitrogens with two attached hydrogens (primary N) is 1. The maximum absolute atomic E-state index is 13.0. The molecule has 27 heavy (non-hydrogen) atoms. The van der Waals surface area contributed by atoms with Crippen LogP contribution in [0.25, 0.3) is 0 Å². The number of halogens is 1. The van der Waals surface area contributed by atoms with E-state index >= 15 is 0 Å². The second-order valence-corrected chi connectivity index (χ2v) is 7.27. The molecule has 0 bridgehead atoms. The molecule has 0 radical (unpaired) electrons. The fourth-order valence-electron chi connectivity index (χ4n) is 3.42. The SMILES string of the molecule is CC1CCCN(c2cc(NCC(Cc3ccc(F)cc3)C(N)=O)ncn2)C1. The molecule has 144 valence electrons. The van der Waals surface area contributed by atoms with E-state index in [4.69, 9.17) is 5.73 Å². The molecule has 1 fully saturated rings. The Morgan fingerprint density at radius 1 is 1.37 bits per heavy atom. The smallest absolute Gasteiger partial charge is 0.222 e. The average Bonchev–Trinajstić information content (AvgIpc) is 2.66. The van der Waals surface area contributed by atoms with Gasteiger partial charge in [0.1, 0.15) is 23.8 Å². The number of benzene rings is 1. The third-order valence-corrected chi connectivity index (χ3v) is 4.96. The number of nitrogens with one attached hydrogen (secondary N) is 1. The monoisotopic (exact) mass is 371 g/mol. The molecule has 1 aromatic carbocycles. The fourth-order valence-corrected chi connectivity index (χ4v) is 3.42. The topological polar surface area (TPSA) is 84.1 Å². The van der Waals surface area contributed by atoms with E-state index in [1.54, 1.807) is 12.1 Å². The zero-order chi connectivity index (χ0) is 19.2. The van der Waals surface area contributed by atoms with E-state index in [2.05, 4.69) is 27.1 Å². The lowest BCUT2D eigenvalue weighted by Gasteiger charge is -2.31. The lowest BCUT2D eigenvalue weighted by atomic mass is 9.98. The number of piperidine rings is 1. The predicted molar refractivity (Wildman–Crippen MR) is 104 cm³/mol. The van der Waals surface area contributed by atoms with Crippen LogP contribution in [-0.2, 0) is 11.2 Å². The number of carbonyl (C=O) groups is 1. The Morgan fingerprint density at radius 3 is 2.85 bits per heavy atom. The summed E-state index contributed by atoms with van der Waals surface area (Å²) in [6, 6.07) is 8.03. The summed E-state index contributed by atoms with van der Waals surface area (Å²) in [5.41, 5.74) is 6.41. The van der Waals surface area contributed by atoms with E-state index in [0.29, 0.717) is 24.7 Å². The predicted octanol–water partition coefficient (Wildman–Crippen LogP) is 2.61. The van der Waals surface area contributed by atoms with Crippen molar-refractivity contribution in [2.45, 2.75) is 26.2 Å². The van der Waals surface area contributed by atoms with Crippen molar-refractivity contribution in [3.63, 3.8) is 0 Å². The molecule has 1 aromatic heterocycles. The molecule has 2 unspecified atom stereocenters. The van der Waals surface area contributed by atoms with Gasteiger partial charge in [0.15, 0.2) is 0 Å². The molecule has 3 rings (SSSR count). The van der Waals surface area contributed by atoms with Crippen LogP contribution in [0, 0.1) is 17.7 Å². The Kier molecular flexibility index (Phi) is 6.21. The number of primary amides is 1. The summed E-state index contributed by atoms with van der Waals surface area (Å²) >= 11 is 0. The zero-order valence-corrected chi connectivity index (χ0v) is 15.6. The zero-order valence-electron chi connectivity index (χ0n) is 15.6. The number of carbonyl (C=O) groups excluding carboxylic acids is 1. The van der Waals surface area contributed by atoms with Crippen molar-refractivity contribution >= 4 is 17.5 Å². The number of aromatic nitrogens is 2. The lowest BCUT2D eigenvalue weighted by molar-refractivity contribution is -0.121. The fraction of sp³-hybridized carbons (Fsp3) is 0.450. The van der Waals surface area contributed by atoms with E-state index in [1.165, 1.54) is 24.9 Å². The summed E-state index contributed by atoms with van der Waals surface area (Å²) in [6.07, 6.45) is 4.39. The first-order chi connectivity index (χ1) is 13.0. The van der Waals surface area contributed by atoms with Crippen LogP contribution >= 0.6 is 0 Å². The molecule has 7 heteroatoms. The quantitative estimate of drug-likeness (QED) is 0.782. The van der Waals surface area contributed by atoms with Crippen molar-refractivity contribution < 1.29 is 9.18 Å². The maximum atomic E-state index is 13.0. The largest absolute Gasteiger partial charge is 0.369 e. The number of hydrogen-bond acceptors (Lipinski definition) is 5. The number of amides is 1. The Labute approximate surface area is 159 Å². The summed E-state index contributed by atoms with van der Waals surface area (Å²) in [5.74, 6) is 1.11. The minimum Gasteiger partial charge on any atom is -0.369 e. The third kappa shape index (κ3) is 5.39. The van der Waals surface area contributed by atoms with Gasteiger partial charge in [0.05, 0.1) is 5.92 Å². The van der Waals surface area contributed by atoms with Gasteiger partial charge >= 0.3 is 0 Å². The standard InChI is InChI=1S/C20H26FN5O/c1-14-3-2-8-26(12-14)19-10-18(24-13-25-19)23-11-16(20(22)27)9-15-4-6-17(21)7-5-15/h4-7,10,13-14,16H,2-3,8-9,11-12H2,1H3,(H2,22,27)(H,23,24,25). The van der Waals surface area contributed by atoms with E-state index in [-0.39, 0.29) is 5.82 Å². The summed E-state index contributed by atoms with van der Waals surface area (Å²) in [6.45, 7) is 4.60. The number of rotatable bonds is 7. The molecule has 1 aliphatic rings. The highest BCUT2D eigenvalue weighted by Crippen LogP contribution is 2.22. The van der Waals surface area contributed by atoms with Gasteiger partial charge in [0.2, 0.25) is 5.91 Å². The molecule has 0 saturated carbocycles. The van der Waals surface area contributed by atoms with Crippen LogP contribution < -0.4 is 16.0 Å². The molecular weight excluding hydrogens is 345 g/mol. The van der Waals surface area contributed by atoms with Crippen molar-refractivity contribution in [3.8, 4) is 0 Å². The van der Waals surface area contributed by atoms with Gasteiger partial charge in [-0.3, -0.25) is 4.79 Å². The normalized spacial score (nSPS) is 18.1. The number of nitrogens with zero attached hydrogens (tertiary/aromatic N) is 3. The second-order valence-electron chi connectivity index (χ2n) is 7.27. The van der Waals surface area contributed by atoms with Crippen molar-refractivity contribution in [1.29, 1.82) is 0 Å². The van der Waals surface area contributed by atoms with Crippen LogP contribution in [0.4, 0.5) is 16.0 Å². The van der Waals surface area contributed by atoms with Crippen molar-refractivity contribution in [2.24, 2.45) is 17.6 Å². The van der Waals surface area contributed by atoms with Gasteiger partial charge in [-0.25, -0.2) is 14.4 Å². The number of anilines is 2. The highest BCUT2D eigenvalue weighted by molar-refractivity contribution is 5.77. The first-order valence-corrected chi connectivity index (χ1v) is 9.36. The van der Waals surface area contributed by atoms with Gasteiger partial charge in [-0.15, -0.1) is 0 Å². The van der Waals surface area contributed by atoms with E-state index < -0.39 is 11.8 Å². The van der Waals surface area contributed by atoms with Crippen molar-refractivity contribution in [1.82, 2.24) is 9.97 Å². The van der Waals surface area contributed by atoms with E-state index in [1.807, 2.05) is 6.07 Å². The summed E-state index contributed by atoms with van der Waals surface area (Å²) in [7, 11) is 0. The van der Waals surface area contributed by atoms with E-state index in [9.17, 15) is 9.18 Å². The Balaban J connectivity index is 1.62. The molecule has 2 atom stereocenters. The average molecular weight is 371 g/mol. The summed E-state index contributed by atoms with van der Waals surface area (Å²) in [4.78, 5) is 22.7. The highest BCUT2D eigenvalue weighted by atomic mass is 19.1. The van der Waals surface area contributed by atoms with Gasteiger partial charge in [-0.2, -0.15) is 0 Å². The van der Waals surface area contributed by atoms with Crippen LogP contribution in [0.5, 0.6) is 0 Å². The van der Waals surface area contributed by atoms with Crippen LogP contribution in [0.15, 0.2) is 36.7 Å². The second kappa shape index (κ2) is 8.79. The molecular formula is C20H26FN5O. The summed E-state index contributed by atoms with van der Waals surface area (Å²) < 4.78 is 13.0. The van der Waals surface area contributed by atoms with Gasteiger partial charge in [-0.05, 0) is 42.9 Å². The minimum absolute atomic E-state index is 0.298. The molecule has 1 amide bonds. The first kappa shape index (κ1) is 19.1. The molecule has 2 heterocycles. The Bertz CT molecular complexity index is 767. The molecule has 1 saturated heterocycles. The van der Waals surface area contributed by atoms with Gasteiger partial charge in [-0.1, -0.05) is 19.1 Å². The van der Waals surface area contributed by atoms with Gasteiger partial charge in [0, 0.05) is 25.7 Å².